The van der Waals surface area contributed by atoms with Gasteiger partial charge in [0.15, 0.2) is 0 Å². The van der Waals surface area contributed by atoms with E-state index in [9.17, 15) is 13.2 Å². The van der Waals surface area contributed by atoms with Crippen molar-refractivity contribution in [3.05, 3.63) is 0 Å². The highest BCUT2D eigenvalue weighted by atomic mass is 32.2. The highest BCUT2D eigenvalue weighted by molar-refractivity contribution is 7.89. The molecule has 24 heavy (non-hydrogen) atoms. The van der Waals surface area contributed by atoms with Crippen molar-refractivity contribution in [2.24, 2.45) is 11.7 Å². The summed E-state index contributed by atoms with van der Waals surface area (Å²) in [5.74, 6) is 0.000111. The third-order valence-electron chi connectivity index (χ3n) is 5.13. The number of sulfonamides is 1. The SMILES string of the molecule is CCCN1CCN(S(=O)(=O)CCCN2CCC(C(N)=O)CC2)CC1. The standard InChI is InChI=1S/C16H32N4O3S/c1-2-6-18-10-12-20(13-11-18)24(22,23)14-3-7-19-8-4-15(5-9-19)16(17)21/h15H,2-14H2,1H3,(H2,17,21). The fraction of sp³-hybridized carbons (Fsp3) is 0.938. The molecule has 1 amide bonds. The van der Waals surface area contributed by atoms with E-state index in [2.05, 4.69) is 16.7 Å². The van der Waals surface area contributed by atoms with E-state index in [0.29, 0.717) is 19.5 Å². The maximum atomic E-state index is 12.5. The van der Waals surface area contributed by atoms with E-state index in [1.165, 1.54) is 0 Å². The van der Waals surface area contributed by atoms with Gasteiger partial charge < -0.3 is 15.5 Å². The fourth-order valence-corrected chi connectivity index (χ4v) is 5.06. The van der Waals surface area contributed by atoms with Crippen molar-refractivity contribution < 1.29 is 13.2 Å². The summed E-state index contributed by atoms with van der Waals surface area (Å²) in [5, 5.41) is 0. The summed E-state index contributed by atoms with van der Waals surface area (Å²) < 4.78 is 26.6. The van der Waals surface area contributed by atoms with Gasteiger partial charge in [-0.05, 0) is 51.9 Å². The van der Waals surface area contributed by atoms with E-state index >= 15 is 0 Å². The minimum Gasteiger partial charge on any atom is -0.369 e. The molecule has 2 rings (SSSR count). The van der Waals surface area contributed by atoms with E-state index in [1.807, 2.05) is 0 Å². The molecule has 2 fully saturated rings. The van der Waals surface area contributed by atoms with Gasteiger partial charge in [-0.2, -0.15) is 4.31 Å². The molecule has 2 aliphatic rings. The Bertz CT molecular complexity index is 495. The second kappa shape index (κ2) is 9.12. The molecule has 2 saturated heterocycles. The van der Waals surface area contributed by atoms with Crippen LogP contribution in [0, 0.1) is 5.92 Å². The molecule has 0 saturated carbocycles. The molecular weight excluding hydrogens is 328 g/mol. The number of carbonyl (C=O) groups is 1. The third-order valence-corrected chi connectivity index (χ3v) is 7.09. The normalized spacial score (nSPS) is 22.7. The number of nitrogens with two attached hydrogens (primary N) is 1. The van der Waals surface area contributed by atoms with Gasteiger partial charge in [0.25, 0.3) is 0 Å². The summed E-state index contributed by atoms with van der Waals surface area (Å²) >= 11 is 0. The molecule has 140 valence electrons. The molecule has 0 spiro atoms. The first-order chi connectivity index (χ1) is 11.4. The molecule has 0 atom stereocenters. The van der Waals surface area contributed by atoms with Crippen LogP contribution in [-0.4, -0.2) is 86.5 Å². The van der Waals surface area contributed by atoms with Gasteiger partial charge in [0, 0.05) is 32.1 Å². The van der Waals surface area contributed by atoms with Gasteiger partial charge in [-0.3, -0.25) is 4.79 Å². The summed E-state index contributed by atoms with van der Waals surface area (Å²) in [7, 11) is -3.14. The zero-order chi connectivity index (χ0) is 17.6. The highest BCUT2D eigenvalue weighted by Gasteiger charge is 2.27. The van der Waals surface area contributed by atoms with Crippen LogP contribution >= 0.6 is 0 Å². The first kappa shape index (κ1) is 19.6. The lowest BCUT2D eigenvalue weighted by atomic mass is 9.96. The number of hydrogen-bond donors (Lipinski definition) is 1. The number of rotatable bonds is 8. The third kappa shape index (κ3) is 5.68. The predicted molar refractivity (Wildman–Crippen MR) is 95.1 cm³/mol. The Balaban J connectivity index is 1.67. The van der Waals surface area contributed by atoms with Crippen LogP contribution in [0.4, 0.5) is 0 Å². The van der Waals surface area contributed by atoms with E-state index in [1.54, 1.807) is 4.31 Å². The largest absolute Gasteiger partial charge is 0.369 e. The Morgan fingerprint density at radius 1 is 1.00 bits per heavy atom. The van der Waals surface area contributed by atoms with Crippen LogP contribution in [0.1, 0.15) is 32.6 Å². The van der Waals surface area contributed by atoms with Crippen LogP contribution in [-0.2, 0) is 14.8 Å². The number of piperidine rings is 1. The van der Waals surface area contributed by atoms with Gasteiger partial charge >= 0.3 is 0 Å². The zero-order valence-electron chi connectivity index (χ0n) is 14.8. The average Bonchev–Trinajstić information content (AvgIpc) is 2.56. The topological polar surface area (TPSA) is 87.0 Å². The second-order valence-corrected chi connectivity index (χ2v) is 9.02. The molecule has 0 unspecified atom stereocenters. The van der Waals surface area contributed by atoms with E-state index in [0.717, 1.165) is 58.5 Å². The van der Waals surface area contributed by atoms with Crippen molar-refractivity contribution in [2.45, 2.75) is 32.6 Å². The van der Waals surface area contributed by atoms with E-state index < -0.39 is 10.0 Å². The van der Waals surface area contributed by atoms with Gasteiger partial charge in [0.1, 0.15) is 0 Å². The fourth-order valence-electron chi connectivity index (χ4n) is 3.59. The summed E-state index contributed by atoms with van der Waals surface area (Å²) in [4.78, 5) is 15.7. The minimum absolute atomic E-state index is 0.00982. The molecular formula is C16H32N4O3S. The number of hydrogen-bond acceptors (Lipinski definition) is 5. The first-order valence-corrected chi connectivity index (χ1v) is 10.7. The van der Waals surface area contributed by atoms with Crippen LogP contribution in [0.25, 0.3) is 0 Å². The molecule has 2 heterocycles. The number of amides is 1. The molecule has 0 aliphatic carbocycles. The second-order valence-electron chi connectivity index (χ2n) is 6.93. The number of likely N-dealkylation sites (tertiary alicyclic amines) is 1. The van der Waals surface area contributed by atoms with Crippen LogP contribution in [0.2, 0.25) is 0 Å². The summed E-state index contributed by atoms with van der Waals surface area (Å²) in [6.45, 7) is 8.57. The minimum atomic E-state index is -3.14. The summed E-state index contributed by atoms with van der Waals surface area (Å²) in [5.41, 5.74) is 5.34. The average molecular weight is 361 g/mol. The Hall–Kier alpha value is -0.700. The van der Waals surface area contributed by atoms with E-state index in [4.69, 9.17) is 5.73 Å². The van der Waals surface area contributed by atoms with Gasteiger partial charge in [0.05, 0.1) is 5.75 Å². The van der Waals surface area contributed by atoms with Crippen LogP contribution < -0.4 is 5.73 Å². The molecule has 0 bridgehead atoms. The van der Waals surface area contributed by atoms with Crippen molar-refractivity contribution in [3.63, 3.8) is 0 Å². The van der Waals surface area contributed by atoms with E-state index in [-0.39, 0.29) is 17.6 Å². The lowest BCUT2D eigenvalue weighted by Gasteiger charge is -2.34. The van der Waals surface area contributed by atoms with Crippen molar-refractivity contribution in [1.82, 2.24) is 14.1 Å². The van der Waals surface area contributed by atoms with Gasteiger partial charge in [-0.25, -0.2) is 8.42 Å². The molecule has 0 aromatic heterocycles. The number of primary amides is 1. The summed E-state index contributed by atoms with van der Waals surface area (Å²) in [6, 6.07) is 0. The Labute approximate surface area is 146 Å². The van der Waals surface area contributed by atoms with Gasteiger partial charge in [-0.1, -0.05) is 6.92 Å². The maximum Gasteiger partial charge on any atom is 0.220 e. The van der Waals surface area contributed by atoms with Gasteiger partial charge in [-0.15, -0.1) is 0 Å². The van der Waals surface area contributed by atoms with Crippen LogP contribution in [0.3, 0.4) is 0 Å². The van der Waals surface area contributed by atoms with Crippen molar-refractivity contribution in [3.8, 4) is 0 Å². The number of carbonyl (C=O) groups excluding carboxylic acids is 1. The summed E-state index contributed by atoms with van der Waals surface area (Å²) in [6.07, 6.45) is 3.35. The molecule has 0 aromatic rings. The van der Waals surface area contributed by atoms with Crippen LogP contribution in [0.15, 0.2) is 0 Å². The monoisotopic (exact) mass is 360 g/mol. The highest BCUT2D eigenvalue weighted by Crippen LogP contribution is 2.17. The molecule has 2 N–H and O–H groups in total. The van der Waals surface area contributed by atoms with Gasteiger partial charge in [0.2, 0.25) is 15.9 Å². The van der Waals surface area contributed by atoms with Crippen molar-refractivity contribution in [2.75, 3.05) is 58.1 Å². The quantitative estimate of drug-likeness (QED) is 0.655. The van der Waals surface area contributed by atoms with Crippen molar-refractivity contribution in [1.29, 1.82) is 0 Å². The first-order valence-electron chi connectivity index (χ1n) is 9.14. The maximum absolute atomic E-state index is 12.5. The molecule has 8 heteroatoms. The lowest BCUT2D eigenvalue weighted by molar-refractivity contribution is -0.123. The number of nitrogens with zero attached hydrogens (tertiary/aromatic N) is 3. The lowest BCUT2D eigenvalue weighted by Crippen LogP contribution is -2.49. The smallest absolute Gasteiger partial charge is 0.220 e. The molecule has 0 radical (unpaired) electrons. The Morgan fingerprint density at radius 2 is 1.58 bits per heavy atom. The Morgan fingerprint density at radius 3 is 2.12 bits per heavy atom. The molecule has 7 nitrogen and oxygen atoms in total. The number of piperazine rings is 1. The zero-order valence-corrected chi connectivity index (χ0v) is 15.6. The molecule has 2 aliphatic heterocycles. The van der Waals surface area contributed by atoms with Crippen molar-refractivity contribution >= 4 is 15.9 Å². The Kier molecular flexibility index (Phi) is 7.46. The van der Waals surface area contributed by atoms with Crippen LogP contribution in [0.5, 0.6) is 0 Å². The molecule has 0 aromatic carbocycles. The predicted octanol–water partition coefficient (Wildman–Crippen LogP) is -0.0688.